The minimum atomic E-state index is -0.126. The van der Waals surface area contributed by atoms with E-state index in [9.17, 15) is 4.79 Å². The van der Waals surface area contributed by atoms with Gasteiger partial charge in [-0.15, -0.1) is 0 Å². The maximum atomic E-state index is 12.9. The van der Waals surface area contributed by atoms with Gasteiger partial charge >= 0.3 is 0 Å². The van der Waals surface area contributed by atoms with Gasteiger partial charge in [0.05, 0.1) is 5.52 Å². The number of unbranched alkanes of at least 4 members (excludes halogenated alkanes) is 1. The van der Waals surface area contributed by atoms with Crippen molar-refractivity contribution in [1.82, 2.24) is 9.97 Å². The van der Waals surface area contributed by atoms with Crippen molar-refractivity contribution in [2.24, 2.45) is 0 Å². The molecule has 1 saturated heterocycles. The van der Waals surface area contributed by atoms with Gasteiger partial charge in [0.1, 0.15) is 0 Å². The summed E-state index contributed by atoms with van der Waals surface area (Å²) in [4.78, 5) is 22.2. The zero-order chi connectivity index (χ0) is 28.0. The van der Waals surface area contributed by atoms with Crippen LogP contribution in [0.15, 0.2) is 72.9 Å². The van der Waals surface area contributed by atoms with Crippen LogP contribution in [0.3, 0.4) is 0 Å². The van der Waals surface area contributed by atoms with Gasteiger partial charge in [0.2, 0.25) is 0 Å². The third-order valence-corrected chi connectivity index (χ3v) is 7.57. The molecule has 1 fully saturated rings. The Labute approximate surface area is 238 Å². The van der Waals surface area contributed by atoms with Gasteiger partial charge in [-0.05, 0) is 79.7 Å². The van der Waals surface area contributed by atoms with Crippen LogP contribution in [0.4, 0.5) is 11.4 Å². The lowest BCUT2D eigenvalue weighted by Crippen LogP contribution is -2.15. The lowest BCUT2D eigenvalue weighted by molar-refractivity contribution is 0.102. The molecule has 1 aromatic heterocycles. The van der Waals surface area contributed by atoms with E-state index in [-0.39, 0.29) is 5.91 Å². The third kappa shape index (κ3) is 8.56. The van der Waals surface area contributed by atoms with Crippen molar-refractivity contribution in [3.05, 3.63) is 84.1 Å². The van der Waals surface area contributed by atoms with E-state index in [2.05, 4.69) is 28.5 Å². The van der Waals surface area contributed by atoms with Crippen LogP contribution in [-0.4, -0.2) is 28.2 Å². The van der Waals surface area contributed by atoms with Crippen molar-refractivity contribution in [3.63, 3.8) is 0 Å². The first-order chi connectivity index (χ1) is 19.1. The van der Waals surface area contributed by atoms with Crippen LogP contribution in [-0.2, 0) is 0 Å². The molecule has 3 aromatic carbocycles. The van der Waals surface area contributed by atoms with Crippen molar-refractivity contribution < 1.29 is 4.79 Å². The summed E-state index contributed by atoms with van der Waals surface area (Å²) in [6.45, 7) is 11.4. The summed E-state index contributed by atoms with van der Waals surface area (Å²) in [5, 5.41) is 4.03. The second-order valence-corrected chi connectivity index (χ2v) is 10.4. The first kappa shape index (κ1) is 30.2. The number of hydrogen-bond donors (Lipinski definition) is 1. The number of carbonyl (C=O) groups is 1. The predicted octanol–water partition coefficient (Wildman–Crippen LogP) is 9.33. The number of aromatic nitrogens is 2. The van der Waals surface area contributed by atoms with E-state index in [1.807, 2.05) is 106 Å². The van der Waals surface area contributed by atoms with E-state index in [0.29, 0.717) is 11.4 Å². The molecule has 0 spiro atoms. The lowest BCUT2D eigenvalue weighted by Gasteiger charge is -2.21. The average Bonchev–Trinajstić information content (AvgIpc) is 3.29. The summed E-state index contributed by atoms with van der Waals surface area (Å²) < 4.78 is 2.34. The normalized spacial score (nSPS) is 12.9. The monoisotopic (exact) mass is 542 g/mol. The molecule has 0 bridgehead atoms. The van der Waals surface area contributed by atoms with Gasteiger partial charge in [-0.25, -0.2) is 9.97 Å². The molecule has 0 aliphatic carbocycles. The predicted molar refractivity (Wildman–Crippen MR) is 170 cm³/mol. The number of fused-ring (bicyclic) bond motifs is 1. The molecule has 6 heteroatoms. The van der Waals surface area contributed by atoms with Crippen LogP contribution in [0.1, 0.15) is 75.7 Å². The van der Waals surface area contributed by atoms with Gasteiger partial charge in [-0.2, -0.15) is 0 Å². The number of nitrogens with zero attached hydrogens (tertiary/aromatic N) is 3. The highest BCUT2D eigenvalue weighted by Crippen LogP contribution is 2.28. The van der Waals surface area contributed by atoms with Gasteiger partial charge in [0, 0.05) is 46.4 Å². The molecule has 5 rings (SSSR count). The number of nitrogens with one attached hydrogen (secondary N) is 1. The Morgan fingerprint density at radius 1 is 0.949 bits per heavy atom. The molecule has 206 valence electrons. The molecule has 1 N–H and O–H groups in total. The minimum absolute atomic E-state index is 0.126. The second kappa shape index (κ2) is 15.9. The van der Waals surface area contributed by atoms with Crippen LogP contribution in [0.5, 0.6) is 0 Å². The molecule has 1 aliphatic rings. The molecule has 2 heterocycles. The van der Waals surface area contributed by atoms with E-state index in [0.717, 1.165) is 45.7 Å². The third-order valence-electron chi connectivity index (χ3n) is 6.40. The van der Waals surface area contributed by atoms with E-state index in [1.54, 1.807) is 0 Å². The summed E-state index contributed by atoms with van der Waals surface area (Å²) in [5.74, 6) is 1.68. The molecule has 4 aromatic rings. The Morgan fingerprint density at radius 2 is 1.69 bits per heavy atom. The van der Waals surface area contributed by atoms with Gasteiger partial charge < -0.3 is 9.62 Å². The molecule has 1 aliphatic heterocycles. The SMILES string of the molecule is CC.CCCC.Cc1ccc(NC(=O)c2ccc(N3CCCCCS3)cc2)cc1-c1ncc2ccccc2n1. The molecule has 1 amide bonds. The van der Waals surface area contributed by atoms with Crippen molar-refractivity contribution in [2.75, 3.05) is 21.9 Å². The van der Waals surface area contributed by atoms with Crippen LogP contribution < -0.4 is 9.62 Å². The molecule has 0 saturated carbocycles. The fourth-order valence-corrected chi connectivity index (χ4v) is 5.08. The highest BCUT2D eigenvalue weighted by molar-refractivity contribution is 8.00. The van der Waals surface area contributed by atoms with Crippen molar-refractivity contribution in [1.29, 1.82) is 0 Å². The number of anilines is 2. The van der Waals surface area contributed by atoms with Crippen LogP contribution in [0.2, 0.25) is 0 Å². The number of hydrogen-bond acceptors (Lipinski definition) is 5. The molecule has 5 nitrogen and oxygen atoms in total. The fourth-order valence-electron chi connectivity index (χ4n) is 4.00. The lowest BCUT2D eigenvalue weighted by atomic mass is 10.1. The molecule has 0 atom stereocenters. The molecule has 0 radical (unpaired) electrons. The number of para-hydroxylation sites is 1. The Kier molecular flexibility index (Phi) is 12.3. The average molecular weight is 543 g/mol. The molecule has 39 heavy (non-hydrogen) atoms. The Morgan fingerprint density at radius 3 is 2.44 bits per heavy atom. The Bertz CT molecular complexity index is 1310. The molecular formula is C33H42N4OS. The van der Waals surface area contributed by atoms with Crippen LogP contribution in [0, 0.1) is 6.92 Å². The zero-order valence-corrected chi connectivity index (χ0v) is 24.9. The summed E-state index contributed by atoms with van der Waals surface area (Å²) in [6, 6.07) is 21.7. The second-order valence-electron chi connectivity index (χ2n) is 9.28. The number of benzene rings is 3. The largest absolute Gasteiger partial charge is 0.322 e. The van der Waals surface area contributed by atoms with Gasteiger partial charge in [0.15, 0.2) is 5.82 Å². The highest BCUT2D eigenvalue weighted by atomic mass is 32.2. The standard InChI is InChI=1S/C27H26N4OS.C4H10.C2H6/c1-19-9-12-22(17-24(19)26-28-18-21-7-3-4-8-25(21)30-26)29-27(32)20-10-13-23(14-11-20)31-15-5-2-6-16-33-31;1-3-4-2;1-2/h3-4,7-14,17-18H,2,5-6,15-16H2,1H3,(H,29,32);3-4H2,1-2H3;1-2H3. The van der Waals surface area contributed by atoms with Gasteiger partial charge in [-0.1, -0.05) is 71.2 Å². The van der Waals surface area contributed by atoms with Crippen molar-refractivity contribution in [2.45, 2.75) is 66.7 Å². The van der Waals surface area contributed by atoms with E-state index in [1.165, 1.54) is 32.1 Å². The summed E-state index contributed by atoms with van der Waals surface area (Å²) in [6.07, 6.45) is 8.25. The summed E-state index contributed by atoms with van der Waals surface area (Å²) in [7, 11) is 0. The Balaban J connectivity index is 0.000000644. The van der Waals surface area contributed by atoms with Crippen LogP contribution >= 0.6 is 11.9 Å². The fraction of sp³-hybridized carbons (Fsp3) is 0.364. The number of rotatable bonds is 5. The topological polar surface area (TPSA) is 58.1 Å². The quantitative estimate of drug-likeness (QED) is 0.255. The van der Waals surface area contributed by atoms with E-state index < -0.39 is 0 Å². The van der Waals surface area contributed by atoms with E-state index in [4.69, 9.17) is 4.98 Å². The summed E-state index contributed by atoms with van der Waals surface area (Å²) in [5.41, 5.74) is 5.39. The van der Waals surface area contributed by atoms with Gasteiger partial charge in [-0.3, -0.25) is 4.79 Å². The van der Waals surface area contributed by atoms with Crippen LogP contribution in [0.25, 0.3) is 22.3 Å². The molecular weight excluding hydrogens is 500 g/mol. The number of aryl methyl sites for hydroxylation is 1. The maximum absolute atomic E-state index is 12.9. The van der Waals surface area contributed by atoms with Crippen molar-refractivity contribution >= 4 is 40.1 Å². The first-order valence-corrected chi connectivity index (χ1v) is 15.2. The number of amides is 1. The number of carbonyl (C=O) groups excluding carboxylic acids is 1. The minimum Gasteiger partial charge on any atom is -0.322 e. The first-order valence-electron chi connectivity index (χ1n) is 14.2. The van der Waals surface area contributed by atoms with Gasteiger partial charge in [0.25, 0.3) is 5.91 Å². The Hall–Kier alpha value is -3.38. The zero-order valence-electron chi connectivity index (χ0n) is 24.0. The molecule has 0 unspecified atom stereocenters. The van der Waals surface area contributed by atoms with Crippen molar-refractivity contribution in [3.8, 4) is 11.4 Å². The van der Waals surface area contributed by atoms with E-state index >= 15 is 0 Å². The highest BCUT2D eigenvalue weighted by Gasteiger charge is 2.13. The maximum Gasteiger partial charge on any atom is 0.255 e. The summed E-state index contributed by atoms with van der Waals surface area (Å²) >= 11 is 1.88. The smallest absolute Gasteiger partial charge is 0.255 e.